The molecule has 0 spiro atoms. The van der Waals surface area contributed by atoms with Crippen LogP contribution in [0.25, 0.3) is 0 Å². The van der Waals surface area contributed by atoms with Crippen molar-refractivity contribution in [2.24, 2.45) is 0 Å². The van der Waals surface area contributed by atoms with Crippen LogP contribution in [0.5, 0.6) is 0 Å². The number of rotatable bonds is 0. The highest BCUT2D eigenvalue weighted by Gasteiger charge is 2.04. The summed E-state index contributed by atoms with van der Waals surface area (Å²) in [4.78, 5) is 10.8. The van der Waals surface area contributed by atoms with Gasteiger partial charge in [0.1, 0.15) is 5.78 Å². The van der Waals surface area contributed by atoms with Gasteiger partial charge >= 0.3 is 0 Å². The van der Waals surface area contributed by atoms with Crippen LogP contribution in [0.15, 0.2) is 0 Å². The lowest BCUT2D eigenvalue weighted by Crippen LogP contribution is -2.00. The van der Waals surface area contributed by atoms with Gasteiger partial charge in [0.2, 0.25) is 0 Å². The second kappa shape index (κ2) is 3.65. The van der Waals surface area contributed by atoms with E-state index in [9.17, 15) is 4.79 Å². The van der Waals surface area contributed by atoms with Gasteiger partial charge in [0.05, 0.1) is 0 Å². The highest BCUT2D eigenvalue weighted by Crippen LogP contribution is 2.12. The van der Waals surface area contributed by atoms with E-state index in [1.54, 1.807) is 0 Å². The predicted molar refractivity (Wildman–Crippen MR) is 37.0 cm³/mol. The van der Waals surface area contributed by atoms with Crippen molar-refractivity contribution in [1.29, 1.82) is 0 Å². The maximum atomic E-state index is 10.8. The van der Waals surface area contributed by atoms with E-state index < -0.39 is 0 Å². The first kappa shape index (κ1) is 6.79. The molecule has 0 heterocycles. The average molecular weight is 125 g/mol. The van der Waals surface area contributed by atoms with Crippen LogP contribution >= 0.6 is 0 Å². The Balaban J connectivity index is 2.20. The van der Waals surface area contributed by atoms with Gasteiger partial charge < -0.3 is 0 Å². The van der Waals surface area contributed by atoms with Crippen LogP contribution in [0, 0.1) is 6.42 Å². The quantitative estimate of drug-likeness (QED) is 0.484. The normalized spacial score (nSPS) is 22.9. The summed E-state index contributed by atoms with van der Waals surface area (Å²) < 4.78 is 0. The molecule has 1 radical (unpaired) electrons. The molecular weight excluding hydrogens is 112 g/mol. The van der Waals surface area contributed by atoms with Crippen molar-refractivity contribution in [3.63, 3.8) is 0 Å². The molecule has 51 valence electrons. The van der Waals surface area contributed by atoms with E-state index in [1.165, 1.54) is 12.8 Å². The van der Waals surface area contributed by atoms with Crippen molar-refractivity contribution in [1.82, 2.24) is 0 Å². The van der Waals surface area contributed by atoms with Gasteiger partial charge in [-0.15, -0.1) is 0 Å². The summed E-state index contributed by atoms with van der Waals surface area (Å²) in [7, 11) is 0. The van der Waals surface area contributed by atoms with Gasteiger partial charge in [-0.2, -0.15) is 0 Å². The van der Waals surface area contributed by atoms with Crippen molar-refractivity contribution in [2.75, 3.05) is 0 Å². The minimum atomic E-state index is 0.426. The van der Waals surface area contributed by atoms with Gasteiger partial charge in [-0.05, 0) is 19.3 Å². The number of hydrogen-bond donors (Lipinski definition) is 0. The summed E-state index contributed by atoms with van der Waals surface area (Å²) in [5, 5.41) is 0. The van der Waals surface area contributed by atoms with Gasteiger partial charge in [0.15, 0.2) is 0 Å². The molecule has 0 atom stereocenters. The van der Waals surface area contributed by atoms with Gasteiger partial charge in [0.25, 0.3) is 0 Å². The Bertz CT molecular complexity index is 86.7. The Morgan fingerprint density at radius 3 is 3.00 bits per heavy atom. The van der Waals surface area contributed by atoms with Crippen molar-refractivity contribution in [2.45, 2.75) is 38.5 Å². The van der Waals surface area contributed by atoms with E-state index in [4.69, 9.17) is 0 Å². The molecule has 0 bridgehead atoms. The molecule has 0 N–H and O–H groups in total. The van der Waals surface area contributed by atoms with E-state index in [2.05, 4.69) is 6.42 Å². The largest absolute Gasteiger partial charge is 0.300 e. The second-order valence-electron chi connectivity index (χ2n) is 2.63. The Morgan fingerprint density at radius 2 is 2.11 bits per heavy atom. The average Bonchev–Trinajstić information content (AvgIpc) is 1.79. The molecule has 1 saturated carbocycles. The lowest BCUT2D eigenvalue weighted by Gasteiger charge is -2.05. The molecule has 1 fully saturated rings. The van der Waals surface area contributed by atoms with Crippen LogP contribution < -0.4 is 0 Å². The summed E-state index contributed by atoms with van der Waals surface area (Å²) in [6, 6.07) is 0. The molecule has 0 saturated heterocycles. The number of hydrogen-bond acceptors (Lipinski definition) is 1. The summed E-state index contributed by atoms with van der Waals surface area (Å²) in [5.41, 5.74) is 0. The number of carbonyl (C=O) groups is 1. The third-order valence-electron chi connectivity index (χ3n) is 1.74. The molecule has 0 aromatic heterocycles. The Morgan fingerprint density at radius 1 is 1.22 bits per heavy atom. The van der Waals surface area contributed by atoms with Crippen LogP contribution in [0.1, 0.15) is 38.5 Å². The zero-order valence-corrected chi connectivity index (χ0v) is 5.73. The lowest BCUT2D eigenvalue weighted by atomic mass is 10.0. The molecule has 0 aromatic carbocycles. The Hall–Kier alpha value is -0.330. The SMILES string of the molecule is O=C1C[CH]CCCCC1. The van der Waals surface area contributed by atoms with E-state index in [0.29, 0.717) is 5.78 Å². The molecule has 0 aliphatic heterocycles. The van der Waals surface area contributed by atoms with Crippen molar-refractivity contribution < 1.29 is 4.79 Å². The fourth-order valence-corrected chi connectivity index (χ4v) is 1.15. The van der Waals surface area contributed by atoms with Crippen LogP contribution in [-0.4, -0.2) is 5.78 Å². The van der Waals surface area contributed by atoms with Gasteiger partial charge in [-0.3, -0.25) is 4.79 Å². The minimum absolute atomic E-state index is 0.426. The first-order valence-corrected chi connectivity index (χ1v) is 3.73. The van der Waals surface area contributed by atoms with E-state index in [0.717, 1.165) is 25.7 Å². The first-order valence-electron chi connectivity index (χ1n) is 3.73. The van der Waals surface area contributed by atoms with Crippen LogP contribution in [0.3, 0.4) is 0 Å². The number of ketones is 1. The third-order valence-corrected chi connectivity index (χ3v) is 1.74. The van der Waals surface area contributed by atoms with Crippen molar-refractivity contribution >= 4 is 5.78 Å². The molecule has 1 heteroatoms. The number of Topliss-reactive ketones (excluding diaryl/α,β-unsaturated/α-hetero) is 1. The molecule has 0 aromatic rings. The zero-order valence-electron chi connectivity index (χ0n) is 5.73. The topological polar surface area (TPSA) is 17.1 Å². The van der Waals surface area contributed by atoms with Gasteiger partial charge in [0, 0.05) is 12.8 Å². The number of carbonyl (C=O) groups excluding carboxylic acids is 1. The van der Waals surface area contributed by atoms with Gasteiger partial charge in [-0.1, -0.05) is 12.8 Å². The predicted octanol–water partition coefficient (Wildman–Crippen LogP) is 2.11. The van der Waals surface area contributed by atoms with Crippen LogP contribution in [0.2, 0.25) is 0 Å². The highest BCUT2D eigenvalue weighted by molar-refractivity contribution is 5.79. The zero-order chi connectivity index (χ0) is 6.53. The van der Waals surface area contributed by atoms with Crippen molar-refractivity contribution in [3.05, 3.63) is 6.42 Å². The highest BCUT2D eigenvalue weighted by atomic mass is 16.1. The summed E-state index contributed by atoms with van der Waals surface area (Å²) in [6.07, 6.45) is 8.44. The van der Waals surface area contributed by atoms with Gasteiger partial charge in [-0.25, -0.2) is 0 Å². The Kier molecular flexibility index (Phi) is 2.75. The summed E-state index contributed by atoms with van der Waals surface area (Å²) in [6.45, 7) is 0. The molecule has 0 amide bonds. The maximum absolute atomic E-state index is 10.8. The first-order chi connectivity index (χ1) is 4.39. The Labute approximate surface area is 56.4 Å². The molecule has 0 unspecified atom stereocenters. The summed E-state index contributed by atoms with van der Waals surface area (Å²) in [5.74, 6) is 0.426. The molecule has 1 nitrogen and oxygen atoms in total. The fraction of sp³-hybridized carbons (Fsp3) is 0.750. The third kappa shape index (κ3) is 2.64. The van der Waals surface area contributed by atoms with Crippen LogP contribution in [-0.2, 0) is 4.79 Å². The monoisotopic (exact) mass is 125 g/mol. The second-order valence-corrected chi connectivity index (χ2v) is 2.63. The maximum Gasteiger partial charge on any atom is 0.133 e. The smallest absolute Gasteiger partial charge is 0.133 e. The fourth-order valence-electron chi connectivity index (χ4n) is 1.15. The van der Waals surface area contributed by atoms with E-state index >= 15 is 0 Å². The van der Waals surface area contributed by atoms with Crippen LogP contribution in [0.4, 0.5) is 0 Å². The molecule has 1 aliphatic carbocycles. The summed E-state index contributed by atoms with van der Waals surface area (Å²) >= 11 is 0. The molecule has 1 aliphatic rings. The molecule has 1 rings (SSSR count). The lowest BCUT2D eigenvalue weighted by molar-refractivity contribution is -0.118. The van der Waals surface area contributed by atoms with E-state index in [-0.39, 0.29) is 0 Å². The standard InChI is InChI=1S/C8H13O/c9-8-6-4-2-1-3-5-7-8/h4H,1-3,5-7H2. The molecule has 9 heavy (non-hydrogen) atoms. The van der Waals surface area contributed by atoms with Crippen molar-refractivity contribution in [3.8, 4) is 0 Å². The minimum Gasteiger partial charge on any atom is -0.300 e. The van der Waals surface area contributed by atoms with E-state index in [1.807, 2.05) is 0 Å². The molecular formula is C8H13O.